The maximum Gasteiger partial charge on any atom is 0.229 e. The Balaban J connectivity index is 1.52. The van der Waals surface area contributed by atoms with E-state index >= 15 is 0 Å². The third-order valence-corrected chi connectivity index (χ3v) is 4.38. The van der Waals surface area contributed by atoms with Crippen LogP contribution in [0, 0.1) is 0 Å². The average Bonchev–Trinajstić information content (AvgIpc) is 3.23. The van der Waals surface area contributed by atoms with Crippen LogP contribution < -0.4 is 5.32 Å². The zero-order valence-electron chi connectivity index (χ0n) is 11.9. The first-order valence-electron chi connectivity index (χ1n) is 7.58. The second-order valence-electron chi connectivity index (χ2n) is 5.86. The van der Waals surface area contributed by atoms with Gasteiger partial charge in [-0.3, -0.25) is 0 Å². The molecule has 4 rings (SSSR count). The molecule has 2 fully saturated rings. The van der Waals surface area contributed by atoms with Crippen LogP contribution in [0.1, 0.15) is 30.1 Å². The van der Waals surface area contributed by atoms with E-state index in [1.807, 2.05) is 6.07 Å². The van der Waals surface area contributed by atoms with Crippen LogP contribution in [0.15, 0.2) is 34.9 Å². The van der Waals surface area contributed by atoms with E-state index in [-0.39, 0.29) is 11.5 Å². The molecule has 1 saturated heterocycles. The lowest BCUT2D eigenvalue weighted by Gasteiger charge is -2.21. The van der Waals surface area contributed by atoms with Crippen molar-refractivity contribution < 1.29 is 9.26 Å². The summed E-state index contributed by atoms with van der Waals surface area (Å²) in [6, 6.07) is 10.5. The fourth-order valence-electron chi connectivity index (χ4n) is 3.00. The fourth-order valence-corrected chi connectivity index (χ4v) is 3.00. The van der Waals surface area contributed by atoms with Crippen LogP contribution in [0.4, 0.5) is 0 Å². The van der Waals surface area contributed by atoms with Crippen molar-refractivity contribution in [3.63, 3.8) is 0 Å². The highest BCUT2D eigenvalue weighted by Crippen LogP contribution is 2.52. The molecular weight excluding hydrogens is 266 g/mol. The number of nitrogens with zero attached hydrogens (tertiary/aromatic N) is 2. The van der Waals surface area contributed by atoms with E-state index in [9.17, 15) is 0 Å². The SMILES string of the molecule is c1ccc(C2(c3noc(CC4CNCCO4)n3)CC2)cc1. The van der Waals surface area contributed by atoms with E-state index in [1.54, 1.807) is 0 Å². The third-order valence-electron chi connectivity index (χ3n) is 4.38. The van der Waals surface area contributed by atoms with Crippen molar-refractivity contribution in [1.82, 2.24) is 15.5 Å². The van der Waals surface area contributed by atoms with Crippen LogP contribution in [-0.4, -0.2) is 35.9 Å². The minimum Gasteiger partial charge on any atom is -0.375 e. The van der Waals surface area contributed by atoms with Gasteiger partial charge in [0, 0.05) is 13.1 Å². The molecule has 2 heterocycles. The van der Waals surface area contributed by atoms with Gasteiger partial charge >= 0.3 is 0 Å². The molecule has 1 aliphatic heterocycles. The molecule has 1 unspecified atom stereocenters. The lowest BCUT2D eigenvalue weighted by molar-refractivity contribution is 0.0246. The van der Waals surface area contributed by atoms with E-state index in [0.29, 0.717) is 12.3 Å². The Labute approximate surface area is 123 Å². The van der Waals surface area contributed by atoms with Gasteiger partial charge in [-0.05, 0) is 18.4 Å². The molecule has 5 nitrogen and oxygen atoms in total. The summed E-state index contributed by atoms with van der Waals surface area (Å²) in [5.74, 6) is 1.51. The second kappa shape index (κ2) is 5.24. The van der Waals surface area contributed by atoms with Gasteiger partial charge in [0.25, 0.3) is 0 Å². The minimum atomic E-state index is -0.0192. The average molecular weight is 285 g/mol. The summed E-state index contributed by atoms with van der Waals surface area (Å²) < 4.78 is 11.1. The van der Waals surface area contributed by atoms with Gasteiger partial charge in [0.2, 0.25) is 5.89 Å². The number of benzene rings is 1. The molecule has 0 bridgehead atoms. The molecule has 1 aromatic carbocycles. The van der Waals surface area contributed by atoms with Crippen LogP contribution >= 0.6 is 0 Å². The zero-order chi connectivity index (χ0) is 14.1. The largest absolute Gasteiger partial charge is 0.375 e. The number of rotatable bonds is 4. The molecular formula is C16H19N3O2. The molecule has 5 heteroatoms. The Morgan fingerprint density at radius 1 is 1.24 bits per heavy atom. The minimum absolute atomic E-state index is 0.0192. The van der Waals surface area contributed by atoms with Gasteiger partial charge in [-0.15, -0.1) is 0 Å². The molecule has 0 radical (unpaired) electrons. The molecule has 1 aromatic heterocycles. The number of aromatic nitrogens is 2. The maximum atomic E-state index is 5.69. The summed E-state index contributed by atoms with van der Waals surface area (Å²) in [6.07, 6.45) is 3.01. The van der Waals surface area contributed by atoms with E-state index in [2.05, 4.69) is 39.7 Å². The maximum absolute atomic E-state index is 5.69. The van der Waals surface area contributed by atoms with Crippen LogP contribution in [0.25, 0.3) is 0 Å². The molecule has 1 atom stereocenters. The Morgan fingerprint density at radius 3 is 2.81 bits per heavy atom. The number of nitrogens with one attached hydrogen (secondary N) is 1. The Kier molecular flexibility index (Phi) is 3.24. The quantitative estimate of drug-likeness (QED) is 0.926. The zero-order valence-corrected chi connectivity index (χ0v) is 11.9. The lowest BCUT2D eigenvalue weighted by atomic mass is 9.95. The van der Waals surface area contributed by atoms with Gasteiger partial charge in [0.1, 0.15) is 0 Å². The van der Waals surface area contributed by atoms with Crippen LogP contribution in [0.2, 0.25) is 0 Å². The van der Waals surface area contributed by atoms with E-state index in [1.165, 1.54) is 5.56 Å². The van der Waals surface area contributed by atoms with Crippen LogP contribution in [0.5, 0.6) is 0 Å². The summed E-state index contributed by atoms with van der Waals surface area (Å²) in [5.41, 5.74) is 1.27. The van der Waals surface area contributed by atoms with Crippen molar-refractivity contribution >= 4 is 0 Å². The van der Waals surface area contributed by atoms with Crippen molar-refractivity contribution in [3.05, 3.63) is 47.6 Å². The molecule has 2 aromatic rings. The van der Waals surface area contributed by atoms with Gasteiger partial charge in [0.15, 0.2) is 5.82 Å². The molecule has 1 saturated carbocycles. The van der Waals surface area contributed by atoms with E-state index < -0.39 is 0 Å². The Morgan fingerprint density at radius 2 is 2.10 bits per heavy atom. The van der Waals surface area contributed by atoms with Crippen LogP contribution in [-0.2, 0) is 16.6 Å². The highest BCUT2D eigenvalue weighted by Gasteiger charge is 2.49. The predicted molar refractivity (Wildman–Crippen MR) is 77.1 cm³/mol. The van der Waals surface area contributed by atoms with Crippen molar-refractivity contribution in [2.45, 2.75) is 30.8 Å². The number of hydrogen-bond acceptors (Lipinski definition) is 5. The summed E-state index contributed by atoms with van der Waals surface area (Å²) in [5, 5.41) is 7.55. The van der Waals surface area contributed by atoms with Gasteiger partial charge in [-0.2, -0.15) is 4.98 Å². The molecule has 1 N–H and O–H groups in total. The lowest BCUT2D eigenvalue weighted by Crippen LogP contribution is -2.39. The van der Waals surface area contributed by atoms with Crippen LogP contribution in [0.3, 0.4) is 0 Å². The van der Waals surface area contributed by atoms with Crippen molar-refractivity contribution in [3.8, 4) is 0 Å². The molecule has 1 aliphatic carbocycles. The van der Waals surface area contributed by atoms with Gasteiger partial charge in [-0.25, -0.2) is 0 Å². The second-order valence-corrected chi connectivity index (χ2v) is 5.86. The molecule has 0 amide bonds. The fraction of sp³-hybridized carbons (Fsp3) is 0.500. The first-order chi connectivity index (χ1) is 10.4. The van der Waals surface area contributed by atoms with Crippen molar-refractivity contribution in [2.24, 2.45) is 0 Å². The van der Waals surface area contributed by atoms with Crippen molar-refractivity contribution in [1.29, 1.82) is 0 Å². The highest BCUT2D eigenvalue weighted by atomic mass is 16.5. The molecule has 21 heavy (non-hydrogen) atoms. The topological polar surface area (TPSA) is 60.2 Å². The molecule has 110 valence electrons. The number of hydrogen-bond donors (Lipinski definition) is 1. The third kappa shape index (κ3) is 2.47. The van der Waals surface area contributed by atoms with E-state index in [4.69, 9.17) is 9.26 Å². The molecule has 2 aliphatic rings. The summed E-state index contributed by atoms with van der Waals surface area (Å²) in [6.45, 7) is 2.52. The Hall–Kier alpha value is -1.72. The number of morpholine rings is 1. The summed E-state index contributed by atoms with van der Waals surface area (Å²) in [7, 11) is 0. The Bertz CT molecular complexity index is 601. The normalized spacial score (nSPS) is 23.9. The summed E-state index contributed by atoms with van der Waals surface area (Å²) >= 11 is 0. The summed E-state index contributed by atoms with van der Waals surface area (Å²) in [4.78, 5) is 4.63. The molecule has 0 spiro atoms. The van der Waals surface area contributed by atoms with Gasteiger partial charge in [0.05, 0.1) is 24.5 Å². The monoisotopic (exact) mass is 285 g/mol. The smallest absolute Gasteiger partial charge is 0.229 e. The predicted octanol–water partition coefficient (Wildman–Crippen LogP) is 1.68. The standard InChI is InChI=1S/C16H19N3O2/c1-2-4-12(5-3-1)16(6-7-16)15-18-14(21-19-15)10-13-11-17-8-9-20-13/h1-5,13,17H,6-11H2. The first-order valence-corrected chi connectivity index (χ1v) is 7.58. The number of ether oxygens (including phenoxy) is 1. The highest BCUT2D eigenvalue weighted by molar-refractivity contribution is 5.38. The van der Waals surface area contributed by atoms with Crippen molar-refractivity contribution in [2.75, 3.05) is 19.7 Å². The van der Waals surface area contributed by atoms with E-state index in [0.717, 1.165) is 38.4 Å². The van der Waals surface area contributed by atoms with Gasteiger partial charge in [-0.1, -0.05) is 35.5 Å². The van der Waals surface area contributed by atoms with Gasteiger partial charge < -0.3 is 14.6 Å². The first kappa shape index (κ1) is 13.0.